The van der Waals surface area contributed by atoms with Crippen LogP contribution in [0.1, 0.15) is 19.3 Å². The van der Waals surface area contributed by atoms with Gasteiger partial charge in [0.15, 0.2) is 0 Å². The summed E-state index contributed by atoms with van der Waals surface area (Å²) in [6.45, 7) is 1.26. The summed E-state index contributed by atoms with van der Waals surface area (Å²) >= 11 is 0. The van der Waals surface area contributed by atoms with Crippen molar-refractivity contribution in [2.45, 2.75) is 37.5 Å². The monoisotopic (exact) mass is 157 g/mol. The zero-order chi connectivity index (χ0) is 7.84. The normalized spacial score (nSPS) is 44.7. The summed E-state index contributed by atoms with van der Waals surface area (Å²) in [4.78, 5) is 2.25. The molecule has 0 aliphatic carbocycles. The van der Waals surface area contributed by atoms with Gasteiger partial charge in [-0.2, -0.15) is 0 Å². The minimum atomic E-state index is -0.186. The van der Waals surface area contributed by atoms with Crippen molar-refractivity contribution in [1.82, 2.24) is 4.90 Å². The fourth-order valence-corrected chi connectivity index (χ4v) is 2.43. The zero-order valence-electron chi connectivity index (χ0n) is 6.61. The number of nitrogens with zero attached hydrogens (tertiary/aromatic N) is 1. The Bertz CT molecular complexity index is 151. The van der Waals surface area contributed by atoms with Crippen LogP contribution in [0.4, 0.5) is 0 Å². The number of hydrogen-bond acceptors (Lipinski definition) is 3. The van der Waals surface area contributed by atoms with Crippen molar-refractivity contribution in [3.63, 3.8) is 0 Å². The van der Waals surface area contributed by atoms with Gasteiger partial charge < -0.3 is 10.2 Å². The highest BCUT2D eigenvalue weighted by Crippen LogP contribution is 2.32. The first-order valence-corrected chi connectivity index (χ1v) is 4.37. The zero-order valence-corrected chi connectivity index (χ0v) is 6.61. The molecule has 0 saturated carbocycles. The minimum Gasteiger partial charge on any atom is -0.395 e. The molecule has 11 heavy (non-hydrogen) atoms. The molecule has 0 amide bonds. The van der Waals surface area contributed by atoms with E-state index in [4.69, 9.17) is 5.11 Å². The highest BCUT2D eigenvalue weighted by atomic mass is 16.3. The van der Waals surface area contributed by atoms with Gasteiger partial charge in [-0.05, 0) is 25.8 Å². The van der Waals surface area contributed by atoms with E-state index in [9.17, 15) is 5.11 Å². The van der Waals surface area contributed by atoms with Gasteiger partial charge in [-0.15, -0.1) is 0 Å². The lowest BCUT2D eigenvalue weighted by Crippen LogP contribution is -2.34. The van der Waals surface area contributed by atoms with E-state index >= 15 is 0 Å². The van der Waals surface area contributed by atoms with E-state index in [0.29, 0.717) is 6.04 Å². The summed E-state index contributed by atoms with van der Waals surface area (Å²) in [5.41, 5.74) is 0. The third kappa shape index (κ3) is 1.08. The lowest BCUT2D eigenvalue weighted by Gasteiger charge is -2.21. The Hall–Kier alpha value is -0.120. The number of aliphatic hydroxyl groups excluding tert-OH is 2. The summed E-state index contributed by atoms with van der Waals surface area (Å²) in [7, 11) is 0. The van der Waals surface area contributed by atoms with Crippen molar-refractivity contribution in [1.29, 1.82) is 0 Å². The standard InChI is InChI=1S/C8H15NO2/c10-5-6-4-8(11)7-2-1-3-9(6)7/h6-8,10-11H,1-5H2/t6-,7+,8-/m1/s1. The fourth-order valence-electron chi connectivity index (χ4n) is 2.43. The van der Waals surface area contributed by atoms with E-state index in [1.165, 1.54) is 6.42 Å². The molecule has 0 radical (unpaired) electrons. The second kappa shape index (κ2) is 2.73. The van der Waals surface area contributed by atoms with Crippen LogP contribution < -0.4 is 0 Å². The van der Waals surface area contributed by atoms with Crippen LogP contribution in [0.5, 0.6) is 0 Å². The van der Waals surface area contributed by atoms with Gasteiger partial charge in [0.2, 0.25) is 0 Å². The second-order valence-electron chi connectivity index (χ2n) is 3.59. The summed E-state index contributed by atoms with van der Waals surface area (Å²) in [6, 6.07) is 0.588. The summed E-state index contributed by atoms with van der Waals surface area (Å²) in [5, 5.41) is 18.5. The van der Waals surface area contributed by atoms with E-state index in [1.54, 1.807) is 0 Å². The van der Waals surface area contributed by atoms with Crippen molar-refractivity contribution in [3.05, 3.63) is 0 Å². The molecule has 3 heteroatoms. The Morgan fingerprint density at radius 3 is 3.00 bits per heavy atom. The maximum Gasteiger partial charge on any atom is 0.0711 e. The molecule has 0 aromatic heterocycles. The predicted molar refractivity (Wildman–Crippen MR) is 41.2 cm³/mol. The quantitative estimate of drug-likeness (QED) is 0.543. The molecule has 2 aliphatic rings. The molecule has 2 saturated heterocycles. The maximum absolute atomic E-state index is 9.55. The van der Waals surface area contributed by atoms with Gasteiger partial charge in [-0.3, -0.25) is 4.90 Å². The van der Waals surface area contributed by atoms with Gasteiger partial charge in [0.25, 0.3) is 0 Å². The van der Waals surface area contributed by atoms with Gasteiger partial charge in [-0.1, -0.05) is 0 Å². The third-order valence-electron chi connectivity index (χ3n) is 2.98. The topological polar surface area (TPSA) is 43.7 Å². The van der Waals surface area contributed by atoms with E-state index in [2.05, 4.69) is 4.90 Å². The van der Waals surface area contributed by atoms with Crippen LogP contribution >= 0.6 is 0 Å². The van der Waals surface area contributed by atoms with Crippen LogP contribution in [0.25, 0.3) is 0 Å². The third-order valence-corrected chi connectivity index (χ3v) is 2.98. The van der Waals surface area contributed by atoms with Crippen molar-refractivity contribution in [2.24, 2.45) is 0 Å². The van der Waals surface area contributed by atoms with Crippen LogP contribution in [0.2, 0.25) is 0 Å². The minimum absolute atomic E-state index is 0.186. The number of rotatable bonds is 1. The molecule has 3 nitrogen and oxygen atoms in total. The van der Waals surface area contributed by atoms with Crippen LogP contribution in [0.3, 0.4) is 0 Å². The number of aliphatic hydroxyl groups is 2. The van der Waals surface area contributed by atoms with Crippen LogP contribution in [0, 0.1) is 0 Å². The van der Waals surface area contributed by atoms with Gasteiger partial charge in [-0.25, -0.2) is 0 Å². The van der Waals surface area contributed by atoms with E-state index in [-0.39, 0.29) is 18.8 Å². The SMILES string of the molecule is OC[C@H]1C[C@@H](O)[C@@H]2CCCN12. The molecule has 64 valence electrons. The van der Waals surface area contributed by atoms with Crippen molar-refractivity contribution >= 4 is 0 Å². The molecule has 2 N–H and O–H groups in total. The van der Waals surface area contributed by atoms with E-state index in [1.807, 2.05) is 0 Å². The predicted octanol–water partition coefficient (Wildman–Crippen LogP) is -0.424. The van der Waals surface area contributed by atoms with E-state index < -0.39 is 0 Å². The number of fused-ring (bicyclic) bond motifs is 1. The first-order chi connectivity index (χ1) is 5.33. The molecule has 2 heterocycles. The Morgan fingerprint density at radius 2 is 2.27 bits per heavy atom. The first kappa shape index (κ1) is 7.53. The molecule has 0 unspecified atom stereocenters. The molecular weight excluding hydrogens is 142 g/mol. The van der Waals surface area contributed by atoms with Crippen molar-refractivity contribution in [3.8, 4) is 0 Å². The largest absolute Gasteiger partial charge is 0.395 e. The average Bonchev–Trinajstić information content (AvgIpc) is 2.54. The lowest BCUT2D eigenvalue weighted by molar-refractivity contribution is 0.127. The highest BCUT2D eigenvalue weighted by Gasteiger charge is 2.42. The second-order valence-corrected chi connectivity index (χ2v) is 3.59. The van der Waals surface area contributed by atoms with Crippen LogP contribution in [-0.4, -0.2) is 46.5 Å². The van der Waals surface area contributed by atoms with Crippen LogP contribution in [-0.2, 0) is 0 Å². The molecular formula is C8H15NO2. The fraction of sp³-hybridized carbons (Fsp3) is 1.00. The molecule has 0 spiro atoms. The molecule has 3 atom stereocenters. The Balaban J connectivity index is 2.07. The summed E-state index contributed by atoms with van der Waals surface area (Å²) in [6.07, 6.45) is 2.87. The van der Waals surface area contributed by atoms with Gasteiger partial charge in [0.1, 0.15) is 0 Å². The molecule has 2 rings (SSSR count). The smallest absolute Gasteiger partial charge is 0.0711 e. The van der Waals surface area contributed by atoms with Crippen LogP contribution in [0.15, 0.2) is 0 Å². The van der Waals surface area contributed by atoms with Crippen molar-refractivity contribution < 1.29 is 10.2 Å². The molecule has 2 fully saturated rings. The molecule has 2 aliphatic heterocycles. The Labute approximate surface area is 66.6 Å². The lowest BCUT2D eigenvalue weighted by atomic mass is 10.1. The maximum atomic E-state index is 9.55. The molecule has 0 aromatic carbocycles. The van der Waals surface area contributed by atoms with Gasteiger partial charge in [0, 0.05) is 12.1 Å². The first-order valence-electron chi connectivity index (χ1n) is 4.37. The summed E-state index contributed by atoms with van der Waals surface area (Å²) < 4.78 is 0. The average molecular weight is 157 g/mol. The highest BCUT2D eigenvalue weighted by molar-refractivity contribution is 4.97. The molecule has 0 aromatic rings. The molecule has 0 bridgehead atoms. The van der Waals surface area contributed by atoms with E-state index in [0.717, 1.165) is 19.4 Å². The number of hydrogen-bond donors (Lipinski definition) is 2. The summed E-state index contributed by atoms with van der Waals surface area (Å²) in [5.74, 6) is 0. The van der Waals surface area contributed by atoms with Crippen molar-refractivity contribution in [2.75, 3.05) is 13.2 Å². The Morgan fingerprint density at radius 1 is 1.45 bits per heavy atom. The van der Waals surface area contributed by atoms with Gasteiger partial charge >= 0.3 is 0 Å². The van der Waals surface area contributed by atoms with Gasteiger partial charge in [0.05, 0.1) is 12.7 Å². The Kier molecular flexibility index (Phi) is 1.87.